The molecule has 5 nitrogen and oxygen atoms in total. The van der Waals surface area contributed by atoms with Gasteiger partial charge in [0.2, 0.25) is 5.91 Å². The molecule has 2 aliphatic rings. The minimum Gasteiger partial charge on any atom is -0.394 e. The number of aliphatic hydroxyl groups is 1. The van der Waals surface area contributed by atoms with Crippen LogP contribution in [0.2, 0.25) is 0 Å². The normalized spacial score (nSPS) is 32.3. The van der Waals surface area contributed by atoms with E-state index in [1.165, 1.54) is 6.42 Å². The molecule has 0 radical (unpaired) electrons. The summed E-state index contributed by atoms with van der Waals surface area (Å²) in [5.74, 6) is 1.02. The van der Waals surface area contributed by atoms with Gasteiger partial charge in [0, 0.05) is 19.0 Å². The summed E-state index contributed by atoms with van der Waals surface area (Å²) in [6, 6.07) is 0. The molecule has 0 aromatic carbocycles. The molecule has 3 unspecified atom stereocenters. The molecular formula is C14H26N2O3. The first-order chi connectivity index (χ1) is 9.24. The molecule has 1 heterocycles. The van der Waals surface area contributed by atoms with Crippen molar-refractivity contribution >= 4 is 5.91 Å². The second-order valence-electron chi connectivity index (χ2n) is 5.77. The van der Waals surface area contributed by atoms with E-state index in [4.69, 9.17) is 15.6 Å². The quantitative estimate of drug-likeness (QED) is 0.773. The van der Waals surface area contributed by atoms with E-state index in [1.807, 2.05) is 4.90 Å². The van der Waals surface area contributed by atoms with Crippen molar-refractivity contribution in [2.24, 2.45) is 17.6 Å². The van der Waals surface area contributed by atoms with Crippen LogP contribution >= 0.6 is 0 Å². The summed E-state index contributed by atoms with van der Waals surface area (Å²) in [7, 11) is 0. The fraction of sp³-hybridized carbons (Fsp3) is 0.929. The number of carbonyl (C=O) groups excluding carboxylic acids is 1. The van der Waals surface area contributed by atoms with E-state index >= 15 is 0 Å². The molecule has 19 heavy (non-hydrogen) atoms. The number of nitrogens with two attached hydrogens (primary N) is 1. The molecule has 1 aliphatic carbocycles. The first kappa shape index (κ1) is 14.8. The molecule has 5 heteroatoms. The monoisotopic (exact) mass is 270 g/mol. The maximum absolute atomic E-state index is 12.5. The van der Waals surface area contributed by atoms with Crippen molar-refractivity contribution in [3.05, 3.63) is 0 Å². The van der Waals surface area contributed by atoms with Crippen LogP contribution < -0.4 is 5.73 Å². The molecule has 3 N–H and O–H groups in total. The Hall–Kier alpha value is -0.650. The van der Waals surface area contributed by atoms with Gasteiger partial charge in [-0.3, -0.25) is 4.79 Å². The van der Waals surface area contributed by atoms with Crippen molar-refractivity contribution in [1.82, 2.24) is 4.90 Å². The Kier molecular flexibility index (Phi) is 5.60. The predicted octanol–water partition coefficient (Wildman–Crippen LogP) is 0.361. The summed E-state index contributed by atoms with van der Waals surface area (Å²) in [4.78, 5) is 14.4. The van der Waals surface area contributed by atoms with Crippen LogP contribution in [0.4, 0.5) is 0 Å². The Balaban J connectivity index is 1.87. The van der Waals surface area contributed by atoms with Gasteiger partial charge in [0.1, 0.15) is 0 Å². The highest BCUT2D eigenvalue weighted by molar-refractivity contribution is 5.79. The average Bonchev–Trinajstić information content (AvgIpc) is 2.47. The lowest BCUT2D eigenvalue weighted by Gasteiger charge is -2.36. The SMILES string of the molecule is NCCC1CCCC(C(=O)N2CCOC(CO)C2)C1. The van der Waals surface area contributed by atoms with Crippen LogP contribution in [-0.4, -0.2) is 54.9 Å². The Bertz CT molecular complexity index is 296. The molecule has 1 amide bonds. The molecule has 3 atom stereocenters. The van der Waals surface area contributed by atoms with Gasteiger partial charge in [-0.2, -0.15) is 0 Å². The topological polar surface area (TPSA) is 75.8 Å². The van der Waals surface area contributed by atoms with Gasteiger partial charge in [-0.25, -0.2) is 0 Å². The van der Waals surface area contributed by atoms with Crippen LogP contribution in [0, 0.1) is 11.8 Å². The van der Waals surface area contributed by atoms with E-state index in [2.05, 4.69) is 0 Å². The molecule has 2 rings (SSSR count). The Morgan fingerprint density at radius 3 is 3.00 bits per heavy atom. The van der Waals surface area contributed by atoms with Gasteiger partial charge < -0.3 is 20.5 Å². The number of hydrogen-bond acceptors (Lipinski definition) is 4. The first-order valence-electron chi connectivity index (χ1n) is 7.46. The molecule has 0 bridgehead atoms. The number of hydrogen-bond donors (Lipinski definition) is 2. The molecule has 0 aromatic rings. The maximum atomic E-state index is 12.5. The largest absolute Gasteiger partial charge is 0.394 e. The lowest BCUT2D eigenvalue weighted by atomic mass is 9.79. The summed E-state index contributed by atoms with van der Waals surface area (Å²) >= 11 is 0. The second kappa shape index (κ2) is 7.22. The number of nitrogens with zero attached hydrogens (tertiary/aromatic N) is 1. The molecule has 1 saturated carbocycles. The van der Waals surface area contributed by atoms with Crippen molar-refractivity contribution in [2.75, 3.05) is 32.8 Å². The molecule has 1 saturated heterocycles. The molecule has 110 valence electrons. The van der Waals surface area contributed by atoms with E-state index in [0.29, 0.717) is 25.6 Å². The smallest absolute Gasteiger partial charge is 0.225 e. The van der Waals surface area contributed by atoms with Crippen LogP contribution in [0.1, 0.15) is 32.1 Å². The van der Waals surface area contributed by atoms with E-state index < -0.39 is 0 Å². The fourth-order valence-electron chi connectivity index (χ4n) is 3.30. The van der Waals surface area contributed by atoms with Crippen LogP contribution in [0.15, 0.2) is 0 Å². The fourth-order valence-corrected chi connectivity index (χ4v) is 3.30. The van der Waals surface area contributed by atoms with E-state index in [0.717, 1.165) is 32.2 Å². The van der Waals surface area contributed by atoms with E-state index in [-0.39, 0.29) is 24.5 Å². The van der Waals surface area contributed by atoms with Crippen molar-refractivity contribution in [3.8, 4) is 0 Å². The van der Waals surface area contributed by atoms with Crippen molar-refractivity contribution in [3.63, 3.8) is 0 Å². The van der Waals surface area contributed by atoms with Crippen molar-refractivity contribution < 1.29 is 14.6 Å². The summed E-state index contributed by atoms with van der Waals surface area (Å²) < 4.78 is 5.39. The van der Waals surface area contributed by atoms with Crippen LogP contribution in [-0.2, 0) is 9.53 Å². The van der Waals surface area contributed by atoms with Gasteiger partial charge in [0.15, 0.2) is 0 Å². The third kappa shape index (κ3) is 3.91. The Morgan fingerprint density at radius 2 is 2.26 bits per heavy atom. The Labute approximate surface area is 115 Å². The zero-order valence-electron chi connectivity index (χ0n) is 11.6. The standard InChI is InChI=1S/C14H26N2O3/c15-5-4-11-2-1-3-12(8-11)14(18)16-6-7-19-13(9-16)10-17/h11-13,17H,1-10,15H2. The number of rotatable bonds is 4. The van der Waals surface area contributed by atoms with Gasteiger partial charge >= 0.3 is 0 Å². The third-order valence-electron chi connectivity index (χ3n) is 4.36. The van der Waals surface area contributed by atoms with Crippen LogP contribution in [0.5, 0.6) is 0 Å². The molecule has 1 aliphatic heterocycles. The number of morpholine rings is 1. The number of amides is 1. The second-order valence-corrected chi connectivity index (χ2v) is 5.77. The van der Waals surface area contributed by atoms with Crippen molar-refractivity contribution in [1.29, 1.82) is 0 Å². The predicted molar refractivity (Wildman–Crippen MR) is 72.5 cm³/mol. The van der Waals surface area contributed by atoms with Gasteiger partial charge in [0.25, 0.3) is 0 Å². The summed E-state index contributed by atoms with van der Waals surface area (Å²) in [6.07, 6.45) is 5.16. The lowest BCUT2D eigenvalue weighted by molar-refractivity contribution is -0.146. The van der Waals surface area contributed by atoms with Crippen LogP contribution in [0.3, 0.4) is 0 Å². The Morgan fingerprint density at radius 1 is 1.42 bits per heavy atom. The van der Waals surface area contributed by atoms with Gasteiger partial charge in [0.05, 0.1) is 19.3 Å². The van der Waals surface area contributed by atoms with Gasteiger partial charge in [-0.1, -0.05) is 12.8 Å². The highest BCUT2D eigenvalue weighted by atomic mass is 16.5. The minimum atomic E-state index is -0.207. The molecule has 0 aromatic heterocycles. The number of aliphatic hydroxyl groups excluding tert-OH is 1. The van der Waals surface area contributed by atoms with Crippen LogP contribution in [0.25, 0.3) is 0 Å². The zero-order chi connectivity index (χ0) is 13.7. The number of ether oxygens (including phenoxy) is 1. The zero-order valence-corrected chi connectivity index (χ0v) is 11.6. The summed E-state index contributed by atoms with van der Waals surface area (Å²) in [6.45, 7) is 2.44. The molecular weight excluding hydrogens is 244 g/mol. The average molecular weight is 270 g/mol. The number of carbonyl (C=O) groups is 1. The van der Waals surface area contributed by atoms with Crippen molar-refractivity contribution in [2.45, 2.75) is 38.2 Å². The highest BCUT2D eigenvalue weighted by Crippen LogP contribution is 2.32. The van der Waals surface area contributed by atoms with E-state index in [9.17, 15) is 4.79 Å². The molecule has 2 fully saturated rings. The molecule has 0 spiro atoms. The van der Waals surface area contributed by atoms with Gasteiger partial charge in [-0.05, 0) is 31.7 Å². The van der Waals surface area contributed by atoms with Gasteiger partial charge in [-0.15, -0.1) is 0 Å². The highest BCUT2D eigenvalue weighted by Gasteiger charge is 2.32. The van der Waals surface area contributed by atoms with E-state index in [1.54, 1.807) is 0 Å². The third-order valence-corrected chi connectivity index (χ3v) is 4.36. The summed E-state index contributed by atoms with van der Waals surface area (Å²) in [5, 5.41) is 9.14. The first-order valence-corrected chi connectivity index (χ1v) is 7.46. The maximum Gasteiger partial charge on any atom is 0.225 e. The minimum absolute atomic E-state index is 0.00968. The summed E-state index contributed by atoms with van der Waals surface area (Å²) in [5.41, 5.74) is 5.62. The lowest BCUT2D eigenvalue weighted by Crippen LogP contribution is -2.49.